The summed E-state index contributed by atoms with van der Waals surface area (Å²) < 4.78 is 0. The number of fused-ring (bicyclic) bond motifs is 6. The monoisotopic (exact) mass is 520 g/mol. The van der Waals surface area contributed by atoms with Gasteiger partial charge in [0, 0.05) is 5.41 Å². The Balaban J connectivity index is 1.27. The largest absolute Gasteiger partial charge is 0.0622 e. The van der Waals surface area contributed by atoms with E-state index in [1.54, 1.807) is 0 Å². The van der Waals surface area contributed by atoms with Crippen molar-refractivity contribution in [1.29, 1.82) is 0 Å². The van der Waals surface area contributed by atoms with Crippen LogP contribution < -0.4 is 0 Å². The molecule has 0 amide bonds. The Labute approximate surface area is 239 Å². The lowest BCUT2D eigenvalue weighted by Gasteiger charge is -2.23. The van der Waals surface area contributed by atoms with Crippen LogP contribution in [0.1, 0.15) is 25.0 Å². The lowest BCUT2D eigenvalue weighted by atomic mass is 9.80. The van der Waals surface area contributed by atoms with Gasteiger partial charge in [-0.3, -0.25) is 0 Å². The molecule has 0 N–H and O–H groups in total. The van der Waals surface area contributed by atoms with Gasteiger partial charge in [-0.2, -0.15) is 0 Å². The smallest absolute Gasteiger partial charge is 0.0159 e. The van der Waals surface area contributed by atoms with Crippen LogP contribution in [0.4, 0.5) is 0 Å². The number of rotatable bonds is 2. The van der Waals surface area contributed by atoms with Gasteiger partial charge in [0.25, 0.3) is 0 Å². The van der Waals surface area contributed by atoms with E-state index >= 15 is 0 Å². The molecule has 0 heteroatoms. The molecule has 0 spiro atoms. The lowest BCUT2D eigenvalue weighted by Crippen LogP contribution is -2.15. The van der Waals surface area contributed by atoms with E-state index in [4.69, 9.17) is 0 Å². The summed E-state index contributed by atoms with van der Waals surface area (Å²) in [5.41, 5.74) is 10.6. The first-order valence-corrected chi connectivity index (χ1v) is 14.5. The molecule has 0 nitrogen and oxygen atoms in total. The molecule has 1 aliphatic rings. The summed E-state index contributed by atoms with van der Waals surface area (Å²) in [5.74, 6) is 0. The van der Waals surface area contributed by atoms with E-state index in [1.807, 2.05) is 0 Å². The van der Waals surface area contributed by atoms with Crippen LogP contribution in [-0.4, -0.2) is 0 Å². The van der Waals surface area contributed by atoms with Crippen molar-refractivity contribution >= 4 is 43.1 Å². The fourth-order valence-electron chi connectivity index (χ4n) is 7.59. The highest BCUT2D eigenvalue weighted by Crippen LogP contribution is 2.51. The minimum absolute atomic E-state index is 0.0779. The Hall–Kier alpha value is -4.94. The summed E-state index contributed by atoms with van der Waals surface area (Å²) in [4.78, 5) is 0. The third-order valence-electron chi connectivity index (χ3n) is 9.62. The third-order valence-corrected chi connectivity index (χ3v) is 9.62. The van der Waals surface area contributed by atoms with E-state index < -0.39 is 0 Å². The maximum Gasteiger partial charge on any atom is 0.0159 e. The molecule has 8 aromatic carbocycles. The first kappa shape index (κ1) is 22.8. The van der Waals surface area contributed by atoms with Crippen LogP contribution in [0, 0.1) is 0 Å². The molecule has 9 rings (SSSR count). The minimum Gasteiger partial charge on any atom is -0.0622 e. The summed E-state index contributed by atoms with van der Waals surface area (Å²) in [6, 6.07) is 49.8. The Morgan fingerprint density at radius 2 is 0.951 bits per heavy atom. The van der Waals surface area contributed by atoms with Crippen LogP contribution in [0.2, 0.25) is 0 Å². The Morgan fingerprint density at radius 1 is 0.366 bits per heavy atom. The van der Waals surface area contributed by atoms with Gasteiger partial charge in [-0.25, -0.2) is 0 Å². The molecule has 0 aliphatic heterocycles. The normalized spacial score (nSPS) is 13.8. The molecular formula is C41H28. The molecule has 1 aliphatic carbocycles. The van der Waals surface area contributed by atoms with Crippen LogP contribution in [0.15, 0.2) is 133 Å². The zero-order valence-electron chi connectivity index (χ0n) is 23.2. The fourth-order valence-corrected chi connectivity index (χ4v) is 7.59. The van der Waals surface area contributed by atoms with Crippen molar-refractivity contribution in [3.63, 3.8) is 0 Å². The lowest BCUT2D eigenvalue weighted by molar-refractivity contribution is 0.661. The zero-order valence-corrected chi connectivity index (χ0v) is 23.2. The second-order valence-corrected chi connectivity index (χ2v) is 12.1. The molecule has 0 heterocycles. The van der Waals surface area contributed by atoms with E-state index in [-0.39, 0.29) is 5.41 Å². The first-order chi connectivity index (χ1) is 20.1. The van der Waals surface area contributed by atoms with Crippen molar-refractivity contribution in [2.24, 2.45) is 0 Å². The van der Waals surface area contributed by atoms with Crippen molar-refractivity contribution in [1.82, 2.24) is 0 Å². The van der Waals surface area contributed by atoms with E-state index in [9.17, 15) is 0 Å². The quantitative estimate of drug-likeness (QED) is 0.157. The summed E-state index contributed by atoms with van der Waals surface area (Å²) in [6.07, 6.45) is 0. The zero-order chi connectivity index (χ0) is 27.3. The van der Waals surface area contributed by atoms with Gasteiger partial charge in [-0.15, -0.1) is 0 Å². The van der Waals surface area contributed by atoms with Gasteiger partial charge in [-0.1, -0.05) is 135 Å². The molecule has 0 saturated heterocycles. The maximum absolute atomic E-state index is 2.46. The van der Waals surface area contributed by atoms with Crippen molar-refractivity contribution in [3.8, 4) is 33.4 Å². The molecule has 192 valence electrons. The summed E-state index contributed by atoms with van der Waals surface area (Å²) in [5, 5.41) is 10.7. The minimum atomic E-state index is -0.0779. The number of hydrogen-bond acceptors (Lipinski definition) is 0. The predicted octanol–water partition coefficient (Wildman–Crippen LogP) is 11.4. The van der Waals surface area contributed by atoms with Gasteiger partial charge >= 0.3 is 0 Å². The molecule has 0 saturated carbocycles. The topological polar surface area (TPSA) is 0 Å². The molecule has 0 radical (unpaired) electrons. The highest BCUT2D eigenvalue weighted by molar-refractivity contribution is 6.35. The SMILES string of the molecule is CC1(C)c2cc(-c3ccccc3)ccc2-c2ccc(-c3ccc4c5ccccc5c5cccc6ccc3c4c65)cc21. The van der Waals surface area contributed by atoms with Crippen LogP contribution in [0.3, 0.4) is 0 Å². The standard InChI is InChI=1S/C41H28/c1-41(2)37-23-27(25-9-4-3-5-10-25)16-18-32(37)33-19-17-28(24-38(33)41)29-21-22-36-31-13-7-6-12-30(31)34-14-8-11-26-15-20-35(29)40(36)39(26)34/h3-24H,1-2H3. The third kappa shape index (κ3) is 3.05. The van der Waals surface area contributed by atoms with Gasteiger partial charge in [0.2, 0.25) is 0 Å². The molecule has 0 atom stereocenters. The molecule has 0 fully saturated rings. The van der Waals surface area contributed by atoms with Gasteiger partial charge in [-0.05, 0) is 99.7 Å². The van der Waals surface area contributed by atoms with Crippen molar-refractivity contribution in [2.75, 3.05) is 0 Å². The van der Waals surface area contributed by atoms with Crippen molar-refractivity contribution in [2.45, 2.75) is 19.3 Å². The molecule has 0 aromatic heterocycles. The Morgan fingerprint density at radius 3 is 1.71 bits per heavy atom. The first-order valence-electron chi connectivity index (χ1n) is 14.5. The second kappa shape index (κ2) is 8.05. The summed E-state index contributed by atoms with van der Waals surface area (Å²) in [7, 11) is 0. The highest BCUT2D eigenvalue weighted by Gasteiger charge is 2.36. The maximum atomic E-state index is 2.46. The van der Waals surface area contributed by atoms with Gasteiger partial charge in [0.1, 0.15) is 0 Å². The van der Waals surface area contributed by atoms with Crippen molar-refractivity contribution in [3.05, 3.63) is 145 Å². The Kier molecular flexibility index (Phi) is 4.49. The van der Waals surface area contributed by atoms with Crippen LogP contribution in [0.25, 0.3) is 76.5 Å². The fraction of sp³-hybridized carbons (Fsp3) is 0.0732. The van der Waals surface area contributed by atoms with E-state index in [0.717, 1.165) is 0 Å². The van der Waals surface area contributed by atoms with Gasteiger partial charge in [0.15, 0.2) is 0 Å². The van der Waals surface area contributed by atoms with Gasteiger partial charge < -0.3 is 0 Å². The molecule has 41 heavy (non-hydrogen) atoms. The molecule has 0 unspecified atom stereocenters. The highest BCUT2D eigenvalue weighted by atomic mass is 14.4. The molecule has 0 bridgehead atoms. The van der Waals surface area contributed by atoms with Crippen LogP contribution in [0.5, 0.6) is 0 Å². The second-order valence-electron chi connectivity index (χ2n) is 12.1. The molecule has 8 aromatic rings. The number of hydrogen-bond donors (Lipinski definition) is 0. The van der Waals surface area contributed by atoms with Crippen LogP contribution >= 0.6 is 0 Å². The predicted molar refractivity (Wildman–Crippen MR) is 176 cm³/mol. The van der Waals surface area contributed by atoms with Crippen LogP contribution in [-0.2, 0) is 5.41 Å². The van der Waals surface area contributed by atoms with Gasteiger partial charge in [0.05, 0.1) is 0 Å². The van der Waals surface area contributed by atoms with E-state index in [2.05, 4.69) is 147 Å². The molecular weight excluding hydrogens is 492 g/mol. The Bertz CT molecular complexity index is 2320. The average Bonchev–Trinajstić information content (AvgIpc) is 3.25. The van der Waals surface area contributed by atoms with Crippen molar-refractivity contribution < 1.29 is 0 Å². The summed E-state index contributed by atoms with van der Waals surface area (Å²) in [6.45, 7) is 4.76. The average molecular weight is 521 g/mol. The van der Waals surface area contributed by atoms with E-state index in [1.165, 1.54) is 87.6 Å². The van der Waals surface area contributed by atoms with E-state index in [0.29, 0.717) is 0 Å². The summed E-state index contributed by atoms with van der Waals surface area (Å²) >= 11 is 0. The number of benzene rings is 8.